The second kappa shape index (κ2) is 10.3. The largest absolute Gasteiger partial charge is 0.396 e. The molecule has 3 aromatic rings. The van der Waals surface area contributed by atoms with Crippen molar-refractivity contribution in [3.63, 3.8) is 0 Å². The lowest BCUT2D eigenvalue weighted by molar-refractivity contribution is 0.240. The van der Waals surface area contributed by atoms with Gasteiger partial charge >= 0.3 is 0 Å². The van der Waals surface area contributed by atoms with Gasteiger partial charge < -0.3 is 20.2 Å². The van der Waals surface area contributed by atoms with Crippen molar-refractivity contribution in [2.45, 2.75) is 44.9 Å². The Morgan fingerprint density at radius 2 is 1.79 bits per heavy atom. The summed E-state index contributed by atoms with van der Waals surface area (Å²) >= 11 is 0. The molecule has 0 bridgehead atoms. The van der Waals surface area contributed by atoms with E-state index in [2.05, 4.69) is 35.3 Å². The maximum Gasteiger partial charge on any atom is 0.277 e. The van der Waals surface area contributed by atoms with Crippen molar-refractivity contribution in [2.75, 3.05) is 47.9 Å². The number of H-pyrrole nitrogens is 1. The number of fused-ring (bicyclic) bond motifs is 1. The van der Waals surface area contributed by atoms with Crippen molar-refractivity contribution in [3.05, 3.63) is 34.9 Å². The molecule has 3 aromatic heterocycles. The van der Waals surface area contributed by atoms with Crippen LogP contribution in [0.15, 0.2) is 29.3 Å². The monoisotopic (exact) mass is 464 g/mol. The summed E-state index contributed by atoms with van der Waals surface area (Å²) in [7, 11) is 0. The fraction of sp³-hybridized carbons (Fsp3) is 0.542. The Labute approximate surface area is 198 Å². The number of hydrogen-bond donors (Lipinski definition) is 3. The number of aromatic amines is 1. The molecule has 2 aliphatic heterocycles. The molecule has 0 aromatic carbocycles. The highest BCUT2D eigenvalue weighted by molar-refractivity contribution is 5.90. The van der Waals surface area contributed by atoms with Gasteiger partial charge in [0.25, 0.3) is 5.56 Å². The van der Waals surface area contributed by atoms with Crippen LogP contribution in [0, 0.1) is 5.92 Å². The maximum absolute atomic E-state index is 12.6. The minimum Gasteiger partial charge on any atom is -0.396 e. The number of aliphatic hydroxyl groups excluding tert-OH is 1. The number of rotatable bonds is 6. The average Bonchev–Trinajstić information content (AvgIpc) is 3.15. The fourth-order valence-electron chi connectivity index (χ4n) is 4.91. The van der Waals surface area contributed by atoms with Gasteiger partial charge in [0.1, 0.15) is 22.5 Å². The second-order valence-electron chi connectivity index (χ2n) is 9.21. The van der Waals surface area contributed by atoms with Crippen LogP contribution in [-0.2, 0) is 0 Å². The van der Waals surface area contributed by atoms with Gasteiger partial charge in [0.15, 0.2) is 0 Å². The minimum absolute atomic E-state index is 0.263. The third-order valence-electron chi connectivity index (χ3n) is 6.88. The topological polar surface area (TPSA) is 123 Å². The normalized spacial score (nSPS) is 17.7. The molecule has 0 aliphatic carbocycles. The number of pyridine rings is 1. The van der Waals surface area contributed by atoms with Gasteiger partial charge in [0, 0.05) is 32.8 Å². The van der Waals surface area contributed by atoms with Crippen LogP contribution in [0.1, 0.15) is 44.9 Å². The molecule has 2 fully saturated rings. The number of nitrogens with one attached hydrogen (secondary N) is 2. The van der Waals surface area contributed by atoms with Gasteiger partial charge in [-0.05, 0) is 50.2 Å². The Morgan fingerprint density at radius 1 is 1.00 bits per heavy atom. The molecule has 5 rings (SSSR count). The highest BCUT2D eigenvalue weighted by Crippen LogP contribution is 2.27. The van der Waals surface area contributed by atoms with E-state index in [9.17, 15) is 9.90 Å². The summed E-state index contributed by atoms with van der Waals surface area (Å²) in [6.45, 7) is 3.98. The zero-order valence-corrected chi connectivity index (χ0v) is 19.4. The molecule has 2 aliphatic rings. The van der Waals surface area contributed by atoms with Crippen molar-refractivity contribution in [1.82, 2.24) is 25.1 Å². The van der Waals surface area contributed by atoms with Crippen molar-refractivity contribution in [1.29, 1.82) is 0 Å². The molecule has 10 heteroatoms. The van der Waals surface area contributed by atoms with Crippen molar-refractivity contribution in [3.8, 4) is 0 Å². The lowest BCUT2D eigenvalue weighted by atomic mass is 9.94. The summed E-state index contributed by atoms with van der Waals surface area (Å²) in [5, 5.41) is 19.3. The molecule has 180 valence electrons. The summed E-state index contributed by atoms with van der Waals surface area (Å²) in [5.41, 5.74) is 0.963. The summed E-state index contributed by atoms with van der Waals surface area (Å²) < 4.78 is 0. The summed E-state index contributed by atoms with van der Waals surface area (Å²) in [4.78, 5) is 31.1. The Bertz CT molecular complexity index is 1150. The Hall–Kier alpha value is -3.27. The van der Waals surface area contributed by atoms with E-state index in [-0.39, 0.29) is 12.2 Å². The second-order valence-corrected chi connectivity index (χ2v) is 9.21. The average molecular weight is 465 g/mol. The number of aromatic nitrogens is 5. The van der Waals surface area contributed by atoms with E-state index in [1.165, 1.54) is 12.8 Å². The number of hydrogen-bond acceptors (Lipinski definition) is 9. The predicted molar refractivity (Wildman–Crippen MR) is 133 cm³/mol. The highest BCUT2D eigenvalue weighted by Gasteiger charge is 2.20. The first-order valence-corrected chi connectivity index (χ1v) is 12.3. The summed E-state index contributed by atoms with van der Waals surface area (Å²) in [6.07, 6.45) is 11.0. The molecule has 0 unspecified atom stereocenters. The van der Waals surface area contributed by atoms with Crippen molar-refractivity contribution in [2.24, 2.45) is 5.92 Å². The van der Waals surface area contributed by atoms with E-state index in [0.29, 0.717) is 28.6 Å². The van der Waals surface area contributed by atoms with Gasteiger partial charge in [-0.1, -0.05) is 12.8 Å². The molecule has 0 saturated carbocycles. The molecular formula is C24H32N8O2. The van der Waals surface area contributed by atoms with Crippen molar-refractivity contribution >= 4 is 34.2 Å². The van der Waals surface area contributed by atoms with Crippen LogP contribution in [0.25, 0.3) is 10.9 Å². The zero-order chi connectivity index (χ0) is 23.3. The molecule has 0 amide bonds. The van der Waals surface area contributed by atoms with Crippen LogP contribution < -0.4 is 20.7 Å². The number of nitrogens with zero attached hydrogens (tertiary/aromatic N) is 6. The number of aliphatic hydroxyl groups is 1. The Morgan fingerprint density at radius 3 is 2.50 bits per heavy atom. The SMILES string of the molecule is O=c1[nH]ncc2nc(N3CCCCCC3)nc(Nc3ccc(N4CCC(CCO)CC4)nc3)c12. The third kappa shape index (κ3) is 4.96. The third-order valence-corrected chi connectivity index (χ3v) is 6.88. The van der Waals surface area contributed by atoms with Gasteiger partial charge in [0.05, 0.1) is 18.1 Å². The number of anilines is 4. The summed E-state index contributed by atoms with van der Waals surface area (Å²) in [5.74, 6) is 2.62. The first kappa shape index (κ1) is 22.5. The van der Waals surface area contributed by atoms with Crippen LogP contribution in [0.2, 0.25) is 0 Å². The van der Waals surface area contributed by atoms with Crippen LogP contribution in [0.3, 0.4) is 0 Å². The summed E-state index contributed by atoms with van der Waals surface area (Å²) in [6, 6.07) is 3.97. The smallest absolute Gasteiger partial charge is 0.277 e. The molecule has 2 saturated heterocycles. The first-order valence-electron chi connectivity index (χ1n) is 12.3. The van der Waals surface area contributed by atoms with Crippen LogP contribution in [-0.4, -0.2) is 63.0 Å². The van der Waals surface area contributed by atoms with E-state index in [1.54, 1.807) is 12.4 Å². The van der Waals surface area contributed by atoms with Crippen LogP contribution >= 0.6 is 0 Å². The Kier molecular flexibility index (Phi) is 6.84. The molecule has 0 spiro atoms. The molecule has 10 nitrogen and oxygen atoms in total. The zero-order valence-electron chi connectivity index (χ0n) is 19.4. The van der Waals surface area contributed by atoms with E-state index < -0.39 is 0 Å². The quantitative estimate of drug-likeness (QED) is 0.505. The fourth-order valence-corrected chi connectivity index (χ4v) is 4.91. The minimum atomic E-state index is -0.322. The number of piperidine rings is 1. The molecular weight excluding hydrogens is 432 g/mol. The molecule has 0 atom stereocenters. The predicted octanol–water partition coefficient (Wildman–Crippen LogP) is 2.83. The highest BCUT2D eigenvalue weighted by atomic mass is 16.3. The van der Waals surface area contributed by atoms with Gasteiger partial charge in [-0.3, -0.25) is 4.79 Å². The first-order chi connectivity index (χ1) is 16.7. The van der Waals surface area contributed by atoms with E-state index >= 15 is 0 Å². The molecule has 5 heterocycles. The lowest BCUT2D eigenvalue weighted by Gasteiger charge is -2.32. The van der Waals surface area contributed by atoms with Gasteiger partial charge in [-0.2, -0.15) is 10.1 Å². The van der Waals surface area contributed by atoms with E-state index in [1.807, 2.05) is 12.1 Å². The van der Waals surface area contributed by atoms with Crippen LogP contribution in [0.5, 0.6) is 0 Å². The maximum atomic E-state index is 12.6. The van der Waals surface area contributed by atoms with Gasteiger partial charge in [-0.15, -0.1) is 0 Å². The van der Waals surface area contributed by atoms with Crippen LogP contribution in [0.4, 0.5) is 23.3 Å². The van der Waals surface area contributed by atoms with E-state index in [0.717, 1.165) is 69.8 Å². The standard InChI is InChI=1S/C24H32N8O2/c33-14-9-17-7-12-31(13-8-17)20-6-5-18(15-25-20)27-22-21-19(16-26-30-23(21)34)28-24(29-22)32-10-3-1-2-4-11-32/h5-6,15-17,33H,1-4,7-14H2,(H,30,34)(H,27,28,29). The van der Waals surface area contributed by atoms with Crippen molar-refractivity contribution < 1.29 is 5.11 Å². The lowest BCUT2D eigenvalue weighted by Crippen LogP contribution is -2.34. The molecule has 3 N–H and O–H groups in total. The van der Waals surface area contributed by atoms with Gasteiger partial charge in [0.2, 0.25) is 5.95 Å². The molecule has 34 heavy (non-hydrogen) atoms. The van der Waals surface area contributed by atoms with E-state index in [4.69, 9.17) is 4.98 Å². The molecule has 0 radical (unpaired) electrons. The Balaban J connectivity index is 1.38. The van der Waals surface area contributed by atoms with Gasteiger partial charge in [-0.25, -0.2) is 15.1 Å².